The summed E-state index contributed by atoms with van der Waals surface area (Å²) in [5.41, 5.74) is 3.60. The van der Waals surface area contributed by atoms with Gasteiger partial charge in [0, 0.05) is 21.5 Å². The van der Waals surface area contributed by atoms with Crippen molar-refractivity contribution in [2.24, 2.45) is 0 Å². The van der Waals surface area contributed by atoms with Crippen LogP contribution in [0.25, 0.3) is 10.9 Å². The average Bonchev–Trinajstić information content (AvgIpc) is 3.10. The van der Waals surface area contributed by atoms with E-state index in [1.54, 1.807) is 23.9 Å². The lowest BCUT2D eigenvalue weighted by molar-refractivity contribution is 0.213. The molecule has 2 heterocycles. The third-order valence-electron chi connectivity index (χ3n) is 5.93. The minimum Gasteiger partial charge on any atom is -0.358 e. The zero-order chi connectivity index (χ0) is 20.2. The van der Waals surface area contributed by atoms with Crippen molar-refractivity contribution in [3.8, 4) is 0 Å². The molecule has 0 aliphatic carbocycles. The van der Waals surface area contributed by atoms with Gasteiger partial charge in [-0.3, -0.25) is 0 Å². The van der Waals surface area contributed by atoms with Gasteiger partial charge in [-0.2, -0.15) is 0 Å². The van der Waals surface area contributed by atoms with E-state index < -0.39 is 0 Å². The highest BCUT2D eigenvalue weighted by atomic mass is 32.2. The van der Waals surface area contributed by atoms with E-state index in [2.05, 4.69) is 16.8 Å². The summed E-state index contributed by atoms with van der Waals surface area (Å²) in [5, 5.41) is 1.19. The Bertz CT molecular complexity index is 943. The van der Waals surface area contributed by atoms with Crippen molar-refractivity contribution in [2.45, 2.75) is 43.4 Å². The Hall–Kier alpha value is -1.85. The molecule has 0 saturated carbocycles. The first kappa shape index (κ1) is 20.4. The molecule has 0 atom stereocenters. The van der Waals surface area contributed by atoms with Gasteiger partial charge in [-0.05, 0) is 105 Å². The van der Waals surface area contributed by atoms with Crippen LogP contribution in [0.15, 0.2) is 47.4 Å². The van der Waals surface area contributed by atoms with Crippen LogP contribution in [0.1, 0.15) is 43.4 Å². The molecule has 2 aromatic carbocycles. The second-order valence-electron chi connectivity index (χ2n) is 7.83. The van der Waals surface area contributed by atoms with Crippen LogP contribution in [-0.4, -0.2) is 35.3 Å². The van der Waals surface area contributed by atoms with Crippen molar-refractivity contribution in [3.05, 3.63) is 65.4 Å². The first-order valence-corrected chi connectivity index (χ1v) is 11.5. The summed E-state index contributed by atoms with van der Waals surface area (Å²) in [6.45, 7) is 5.50. The van der Waals surface area contributed by atoms with Crippen LogP contribution in [0.2, 0.25) is 0 Å². The number of H-pyrrole nitrogens is 1. The third kappa shape index (κ3) is 4.84. The van der Waals surface area contributed by atoms with E-state index in [0.29, 0.717) is 5.92 Å². The fourth-order valence-corrected chi connectivity index (χ4v) is 5.28. The number of aromatic nitrogens is 1. The molecule has 0 bridgehead atoms. The van der Waals surface area contributed by atoms with Crippen LogP contribution in [0.3, 0.4) is 0 Å². The summed E-state index contributed by atoms with van der Waals surface area (Å²) in [4.78, 5) is 7.13. The zero-order valence-electron chi connectivity index (χ0n) is 16.9. The second-order valence-corrected chi connectivity index (χ2v) is 9.00. The lowest BCUT2D eigenvalue weighted by atomic mass is 9.87. The molecule has 1 aromatic heterocycles. The van der Waals surface area contributed by atoms with Gasteiger partial charge in [0.15, 0.2) is 0 Å². The molecule has 1 fully saturated rings. The number of rotatable bonds is 7. The Kier molecular flexibility index (Phi) is 6.56. The molecule has 2 nitrogen and oxygen atoms in total. The number of aryl methyl sites for hydroxylation is 1. The number of benzene rings is 2. The predicted octanol–water partition coefficient (Wildman–Crippen LogP) is 6.37. The molecule has 1 aliphatic rings. The molecule has 4 rings (SSSR count). The van der Waals surface area contributed by atoms with Crippen LogP contribution in [-0.2, 0) is 6.42 Å². The fraction of sp³-hybridized carbons (Fsp3) is 0.417. The van der Waals surface area contributed by atoms with E-state index in [1.165, 1.54) is 28.8 Å². The van der Waals surface area contributed by atoms with Gasteiger partial charge in [0.05, 0.1) is 0 Å². The second kappa shape index (κ2) is 9.31. The van der Waals surface area contributed by atoms with Gasteiger partial charge in [0.1, 0.15) is 11.6 Å². The normalized spacial score (nSPS) is 16.0. The first-order valence-electron chi connectivity index (χ1n) is 10.5. The molecular weight excluding hydrogens is 386 g/mol. The maximum Gasteiger partial charge on any atom is 0.125 e. The highest BCUT2D eigenvalue weighted by Crippen LogP contribution is 2.36. The number of nitrogens with zero attached hydrogens (tertiary/aromatic N) is 1. The molecule has 1 aliphatic heterocycles. The van der Waals surface area contributed by atoms with Crippen LogP contribution in [0.5, 0.6) is 0 Å². The SMILES string of the molecule is CCc1[nH]c2cc(F)ccc2c1C1CCN(CCCSc2ccc(F)cc2)CC1. The van der Waals surface area contributed by atoms with Crippen molar-refractivity contribution in [1.29, 1.82) is 0 Å². The smallest absolute Gasteiger partial charge is 0.125 e. The Balaban J connectivity index is 1.29. The predicted molar refractivity (Wildman–Crippen MR) is 118 cm³/mol. The lowest BCUT2D eigenvalue weighted by Gasteiger charge is -2.32. The summed E-state index contributed by atoms with van der Waals surface area (Å²) in [6, 6.07) is 11.9. The Morgan fingerprint density at radius 2 is 1.76 bits per heavy atom. The van der Waals surface area contributed by atoms with E-state index in [1.807, 2.05) is 18.2 Å². The average molecular weight is 415 g/mol. The van der Waals surface area contributed by atoms with Gasteiger partial charge in [-0.1, -0.05) is 6.92 Å². The minimum absolute atomic E-state index is 0.177. The first-order chi connectivity index (χ1) is 14.1. The molecule has 0 spiro atoms. The summed E-state index contributed by atoms with van der Waals surface area (Å²) in [5.74, 6) is 1.25. The van der Waals surface area contributed by atoms with Crippen LogP contribution >= 0.6 is 11.8 Å². The van der Waals surface area contributed by atoms with E-state index in [4.69, 9.17) is 0 Å². The molecular formula is C24H28F2N2S. The maximum absolute atomic E-state index is 13.6. The number of piperidine rings is 1. The van der Waals surface area contributed by atoms with Crippen molar-refractivity contribution in [3.63, 3.8) is 0 Å². The number of hydrogen-bond acceptors (Lipinski definition) is 2. The highest BCUT2D eigenvalue weighted by molar-refractivity contribution is 7.99. The van der Waals surface area contributed by atoms with E-state index in [0.717, 1.165) is 61.5 Å². The Morgan fingerprint density at radius 3 is 2.48 bits per heavy atom. The minimum atomic E-state index is -0.179. The molecule has 154 valence electrons. The lowest BCUT2D eigenvalue weighted by Crippen LogP contribution is -2.34. The number of likely N-dealkylation sites (tertiary alicyclic amines) is 1. The number of nitrogens with one attached hydrogen (secondary N) is 1. The summed E-state index contributed by atoms with van der Waals surface area (Å²) in [6.07, 6.45) is 4.40. The van der Waals surface area contributed by atoms with Crippen LogP contribution in [0.4, 0.5) is 8.78 Å². The molecule has 1 N–H and O–H groups in total. The molecule has 0 radical (unpaired) electrons. The largest absolute Gasteiger partial charge is 0.358 e. The third-order valence-corrected chi connectivity index (χ3v) is 7.03. The molecule has 1 saturated heterocycles. The highest BCUT2D eigenvalue weighted by Gasteiger charge is 2.25. The number of thioether (sulfide) groups is 1. The fourth-order valence-electron chi connectivity index (χ4n) is 4.45. The number of fused-ring (bicyclic) bond motifs is 1. The molecule has 5 heteroatoms. The van der Waals surface area contributed by atoms with E-state index >= 15 is 0 Å². The van der Waals surface area contributed by atoms with Crippen LogP contribution < -0.4 is 0 Å². The quantitative estimate of drug-likeness (QED) is 0.358. The van der Waals surface area contributed by atoms with Gasteiger partial charge in [-0.25, -0.2) is 8.78 Å². The van der Waals surface area contributed by atoms with E-state index in [9.17, 15) is 8.78 Å². The van der Waals surface area contributed by atoms with Crippen LogP contribution in [0, 0.1) is 11.6 Å². The monoisotopic (exact) mass is 414 g/mol. The van der Waals surface area contributed by atoms with Gasteiger partial charge in [0.25, 0.3) is 0 Å². The topological polar surface area (TPSA) is 19.0 Å². The summed E-state index contributed by atoms with van der Waals surface area (Å²) >= 11 is 1.80. The molecule has 29 heavy (non-hydrogen) atoms. The van der Waals surface area contributed by atoms with Crippen molar-refractivity contribution < 1.29 is 8.78 Å². The van der Waals surface area contributed by atoms with E-state index in [-0.39, 0.29) is 11.6 Å². The number of hydrogen-bond donors (Lipinski definition) is 1. The Labute approximate surface area is 175 Å². The van der Waals surface area contributed by atoms with Gasteiger partial charge >= 0.3 is 0 Å². The summed E-state index contributed by atoms with van der Waals surface area (Å²) in [7, 11) is 0. The van der Waals surface area contributed by atoms with Gasteiger partial charge in [-0.15, -0.1) is 11.8 Å². The molecule has 0 amide bonds. The van der Waals surface area contributed by atoms with Gasteiger partial charge < -0.3 is 9.88 Å². The molecule has 3 aromatic rings. The standard InChI is InChI=1S/C24H28F2N2S/c1-2-22-24(21-9-6-19(26)16-23(21)27-22)17-10-13-28(14-11-17)12-3-15-29-20-7-4-18(25)5-8-20/h4-9,16-17,27H,2-3,10-15H2,1H3. The summed E-state index contributed by atoms with van der Waals surface area (Å²) < 4.78 is 26.6. The van der Waals surface area contributed by atoms with Crippen molar-refractivity contribution in [1.82, 2.24) is 9.88 Å². The molecule has 0 unspecified atom stereocenters. The maximum atomic E-state index is 13.6. The van der Waals surface area contributed by atoms with Gasteiger partial charge in [0.2, 0.25) is 0 Å². The Morgan fingerprint density at radius 1 is 1.03 bits per heavy atom. The zero-order valence-corrected chi connectivity index (χ0v) is 17.7. The van der Waals surface area contributed by atoms with Crippen molar-refractivity contribution in [2.75, 3.05) is 25.4 Å². The number of halogens is 2. The number of aromatic amines is 1. The van der Waals surface area contributed by atoms with Crippen molar-refractivity contribution >= 4 is 22.7 Å².